The molecule has 1 aromatic heterocycles. The number of aromatic nitrogens is 4. The summed E-state index contributed by atoms with van der Waals surface area (Å²) in [6.45, 7) is 16.6. The van der Waals surface area contributed by atoms with E-state index in [9.17, 15) is 19.2 Å². The van der Waals surface area contributed by atoms with E-state index in [2.05, 4.69) is 53.1 Å². The van der Waals surface area contributed by atoms with Crippen molar-refractivity contribution in [1.82, 2.24) is 30.4 Å². The van der Waals surface area contributed by atoms with Crippen molar-refractivity contribution < 1.29 is 33.5 Å². The van der Waals surface area contributed by atoms with Gasteiger partial charge >= 0.3 is 6.16 Å². The van der Waals surface area contributed by atoms with E-state index >= 15 is 0 Å². The highest BCUT2D eigenvalue weighted by molar-refractivity contribution is 5.92. The molecule has 0 unspecified atom stereocenters. The highest BCUT2D eigenvalue weighted by atomic mass is 16.8. The molecule has 1 aliphatic rings. The second kappa shape index (κ2) is 17.8. The van der Waals surface area contributed by atoms with Crippen LogP contribution in [-0.4, -0.2) is 73.0 Å². The molecule has 0 spiro atoms. The van der Waals surface area contributed by atoms with Crippen LogP contribution < -0.4 is 5.32 Å². The molecule has 3 aromatic rings. The number of nitrogens with zero attached hydrogens (tertiary/aromatic N) is 6. The van der Waals surface area contributed by atoms with E-state index in [4.69, 9.17) is 14.3 Å². The average Bonchev–Trinajstić information content (AvgIpc) is 3.41. The highest BCUT2D eigenvalue weighted by Gasteiger charge is 2.29. The Morgan fingerprint density at radius 2 is 1.63 bits per heavy atom. The number of likely N-dealkylation sites (N-methyl/N-ethyl adjacent to an activating group) is 1. The third-order valence-electron chi connectivity index (χ3n) is 8.33. The number of benzene rings is 2. The molecular weight excluding hydrogens is 666 g/mol. The summed E-state index contributed by atoms with van der Waals surface area (Å²) in [7, 11) is 0. The Labute approximate surface area is 304 Å². The summed E-state index contributed by atoms with van der Waals surface area (Å²) >= 11 is 0. The number of nitrogens with one attached hydrogen (secondary N) is 1. The molecule has 0 bridgehead atoms. The first kappa shape index (κ1) is 39.5. The molecule has 4 rings (SSSR count). The number of hydrogen-bond donors (Lipinski definition) is 1. The standard InChI is InChI=1S/C38H49N7O7/c1-8-44(34(48)21-27-14-16-28(17-15-27)24-50-36(49)52-45-26(2)13-18-33(45)47)23-31-40-42-35(43-41-31)29-11-9-12-30(22-29)39-32(46)25-51-38(6,7)20-10-19-37(3,4)5/h9,11-12,14-17,22H,2,8,10,13,18-21,23-25H2,1,3-7H3,(H,39,46). The predicted molar refractivity (Wildman–Crippen MR) is 193 cm³/mol. The van der Waals surface area contributed by atoms with Crippen molar-refractivity contribution in [1.29, 1.82) is 0 Å². The summed E-state index contributed by atoms with van der Waals surface area (Å²) in [6.07, 6.45) is 2.76. The number of allylic oxidation sites excluding steroid dienone is 1. The zero-order chi connectivity index (χ0) is 37.9. The Bertz CT molecular complexity index is 1700. The predicted octanol–water partition coefficient (Wildman–Crippen LogP) is 6.18. The van der Waals surface area contributed by atoms with Crippen LogP contribution in [0.3, 0.4) is 0 Å². The number of amides is 3. The summed E-state index contributed by atoms with van der Waals surface area (Å²) in [5.41, 5.74) is 2.88. The Morgan fingerprint density at radius 1 is 0.942 bits per heavy atom. The molecule has 0 saturated carbocycles. The fourth-order valence-electron chi connectivity index (χ4n) is 5.32. The SMILES string of the molecule is C=C1CCC(=O)N1OC(=O)OCc1ccc(CC(=O)N(CC)Cc2nnc(-c3cccc(NC(=O)COC(C)(C)CCCC(C)(C)C)c3)nn2)cc1. The largest absolute Gasteiger partial charge is 0.534 e. The van der Waals surface area contributed by atoms with E-state index < -0.39 is 11.8 Å². The van der Waals surface area contributed by atoms with Gasteiger partial charge in [-0.1, -0.05) is 70.2 Å². The second-order valence-corrected chi connectivity index (χ2v) is 14.5. The lowest BCUT2D eigenvalue weighted by Gasteiger charge is -2.27. The van der Waals surface area contributed by atoms with E-state index in [1.165, 1.54) is 0 Å². The van der Waals surface area contributed by atoms with Crippen molar-refractivity contribution in [3.63, 3.8) is 0 Å². The average molecular weight is 716 g/mol. The number of hydroxylamine groups is 2. The molecule has 2 heterocycles. The number of carbonyl (C=O) groups is 4. The molecule has 0 radical (unpaired) electrons. The molecule has 14 nitrogen and oxygen atoms in total. The van der Waals surface area contributed by atoms with Gasteiger partial charge in [-0.15, -0.1) is 25.5 Å². The van der Waals surface area contributed by atoms with E-state index in [1.807, 2.05) is 20.8 Å². The van der Waals surface area contributed by atoms with E-state index in [0.29, 0.717) is 35.5 Å². The molecule has 2 aromatic carbocycles. The van der Waals surface area contributed by atoms with Crippen molar-refractivity contribution >= 4 is 29.6 Å². The lowest BCUT2D eigenvalue weighted by Crippen LogP contribution is -2.32. The van der Waals surface area contributed by atoms with Crippen LogP contribution in [0.25, 0.3) is 11.4 Å². The summed E-state index contributed by atoms with van der Waals surface area (Å²) in [5.74, 6) is -0.188. The number of ether oxygens (including phenoxy) is 2. The third kappa shape index (κ3) is 12.5. The van der Waals surface area contributed by atoms with Crippen LogP contribution >= 0.6 is 0 Å². The number of carbonyl (C=O) groups excluding carboxylic acids is 4. The molecule has 52 heavy (non-hydrogen) atoms. The van der Waals surface area contributed by atoms with Crippen LogP contribution in [0.2, 0.25) is 0 Å². The summed E-state index contributed by atoms with van der Waals surface area (Å²) in [6, 6.07) is 14.1. The van der Waals surface area contributed by atoms with Gasteiger partial charge in [-0.3, -0.25) is 19.2 Å². The zero-order valence-electron chi connectivity index (χ0n) is 30.9. The normalized spacial score (nSPS) is 13.2. The molecule has 1 aliphatic heterocycles. The van der Waals surface area contributed by atoms with Crippen molar-refractivity contribution in [2.24, 2.45) is 5.41 Å². The summed E-state index contributed by atoms with van der Waals surface area (Å²) in [5, 5.41) is 20.6. The fraction of sp³-hybridized carbons (Fsp3) is 0.474. The maximum Gasteiger partial charge on any atom is 0.534 e. The van der Waals surface area contributed by atoms with Crippen LogP contribution in [0.1, 0.15) is 90.6 Å². The summed E-state index contributed by atoms with van der Waals surface area (Å²) in [4.78, 5) is 56.1. The topological polar surface area (TPSA) is 166 Å². The number of rotatable bonds is 16. The third-order valence-corrected chi connectivity index (χ3v) is 8.33. The summed E-state index contributed by atoms with van der Waals surface area (Å²) < 4.78 is 11.0. The Kier molecular flexibility index (Phi) is 13.5. The minimum Gasteiger partial charge on any atom is -0.428 e. The van der Waals surface area contributed by atoms with Gasteiger partial charge in [0.1, 0.15) is 13.2 Å². The van der Waals surface area contributed by atoms with E-state index in [1.54, 1.807) is 53.4 Å². The van der Waals surface area contributed by atoms with Gasteiger partial charge in [-0.05, 0) is 68.7 Å². The van der Waals surface area contributed by atoms with Gasteiger partial charge in [0.25, 0.3) is 5.91 Å². The van der Waals surface area contributed by atoms with Crippen LogP contribution in [0, 0.1) is 5.41 Å². The van der Waals surface area contributed by atoms with Crippen molar-refractivity contribution in [2.45, 2.75) is 98.8 Å². The van der Waals surface area contributed by atoms with Crippen LogP contribution in [0.4, 0.5) is 10.5 Å². The van der Waals surface area contributed by atoms with Gasteiger partial charge in [0.15, 0.2) is 5.82 Å². The van der Waals surface area contributed by atoms with Crippen molar-refractivity contribution in [3.8, 4) is 11.4 Å². The van der Waals surface area contributed by atoms with Gasteiger partial charge in [0.05, 0.1) is 24.3 Å². The van der Waals surface area contributed by atoms with Gasteiger partial charge in [-0.25, -0.2) is 4.79 Å². The second-order valence-electron chi connectivity index (χ2n) is 14.5. The van der Waals surface area contributed by atoms with Crippen LogP contribution in [0.5, 0.6) is 0 Å². The first-order chi connectivity index (χ1) is 24.6. The Morgan fingerprint density at radius 3 is 2.27 bits per heavy atom. The smallest absolute Gasteiger partial charge is 0.428 e. The molecular formula is C38H49N7O7. The number of anilines is 1. The highest BCUT2D eigenvalue weighted by Crippen LogP contribution is 2.26. The van der Waals surface area contributed by atoms with Crippen molar-refractivity contribution in [2.75, 3.05) is 18.5 Å². The first-order valence-electron chi connectivity index (χ1n) is 17.4. The van der Waals surface area contributed by atoms with Crippen LogP contribution in [-0.2, 0) is 48.3 Å². The molecule has 0 aliphatic carbocycles. The van der Waals surface area contributed by atoms with E-state index in [0.717, 1.165) is 29.9 Å². The molecule has 14 heteroatoms. The molecule has 278 valence electrons. The maximum absolute atomic E-state index is 13.1. The fourth-order valence-corrected chi connectivity index (χ4v) is 5.32. The minimum absolute atomic E-state index is 0.0624. The zero-order valence-corrected chi connectivity index (χ0v) is 30.9. The molecule has 0 atom stereocenters. The van der Waals surface area contributed by atoms with E-state index in [-0.39, 0.29) is 67.4 Å². The Balaban J connectivity index is 1.24. The lowest BCUT2D eigenvalue weighted by molar-refractivity contribution is -0.158. The maximum atomic E-state index is 13.1. The molecule has 1 fully saturated rings. The van der Waals surface area contributed by atoms with Gasteiger partial charge < -0.3 is 19.7 Å². The quantitative estimate of drug-likeness (QED) is 0.168. The Hall–Kier alpha value is -5.24. The molecule has 3 amide bonds. The van der Waals surface area contributed by atoms with Crippen molar-refractivity contribution in [3.05, 3.63) is 77.8 Å². The van der Waals surface area contributed by atoms with Crippen LogP contribution in [0.15, 0.2) is 60.8 Å². The lowest BCUT2D eigenvalue weighted by atomic mass is 9.87. The monoisotopic (exact) mass is 715 g/mol. The first-order valence-corrected chi connectivity index (χ1v) is 17.4. The van der Waals surface area contributed by atoms with Gasteiger partial charge in [-0.2, -0.15) is 0 Å². The number of hydrogen-bond acceptors (Lipinski definition) is 11. The molecule has 1 N–H and O–H groups in total. The van der Waals surface area contributed by atoms with Gasteiger partial charge in [0.2, 0.25) is 17.6 Å². The molecule has 1 saturated heterocycles. The van der Waals surface area contributed by atoms with Gasteiger partial charge in [0, 0.05) is 24.2 Å². The minimum atomic E-state index is -1.01.